The molecule has 0 saturated heterocycles. The van der Waals surface area contributed by atoms with Crippen LogP contribution in [0.2, 0.25) is 0 Å². The number of nitrogens with zero attached hydrogens (tertiary/aromatic N) is 2. The van der Waals surface area contributed by atoms with Crippen LogP contribution >= 0.6 is 0 Å². The molecule has 0 amide bonds. The number of likely N-dealkylation sites (N-methyl/N-ethyl adjacent to an activating group) is 1. The lowest BCUT2D eigenvalue weighted by atomic mass is 10.1. The maximum absolute atomic E-state index is 11.2. The first-order valence-corrected chi connectivity index (χ1v) is 6.16. The number of aromatic nitrogens is 1. The monoisotopic (exact) mass is 256 g/mol. The molecule has 0 spiro atoms. The van der Waals surface area contributed by atoms with Crippen molar-refractivity contribution in [3.05, 3.63) is 48.7 Å². The van der Waals surface area contributed by atoms with E-state index in [9.17, 15) is 4.79 Å². The molecule has 1 heterocycles. The summed E-state index contributed by atoms with van der Waals surface area (Å²) < 4.78 is 0. The molecule has 0 fully saturated rings. The van der Waals surface area contributed by atoms with Crippen molar-refractivity contribution in [2.75, 3.05) is 18.0 Å². The van der Waals surface area contributed by atoms with Crippen molar-refractivity contribution in [1.82, 2.24) is 4.98 Å². The second kappa shape index (κ2) is 5.52. The Labute approximate surface area is 112 Å². The minimum atomic E-state index is -1.01. The molecular formula is C15H16N2O2. The molecule has 0 aliphatic heterocycles. The van der Waals surface area contributed by atoms with Crippen LogP contribution in [0.3, 0.4) is 0 Å². The van der Waals surface area contributed by atoms with Crippen molar-refractivity contribution in [3.8, 4) is 0 Å². The highest BCUT2D eigenvalue weighted by molar-refractivity contribution is 5.97. The van der Waals surface area contributed by atoms with E-state index in [0.717, 1.165) is 17.6 Å². The fraction of sp³-hybridized carbons (Fsp3) is 0.200. The summed E-state index contributed by atoms with van der Waals surface area (Å²) in [6.45, 7) is 7.21. The molecule has 1 aromatic heterocycles. The van der Waals surface area contributed by atoms with Crippen molar-refractivity contribution in [2.45, 2.75) is 6.92 Å². The number of benzene rings is 1. The van der Waals surface area contributed by atoms with Gasteiger partial charge in [-0.2, -0.15) is 0 Å². The summed E-state index contributed by atoms with van der Waals surface area (Å²) >= 11 is 0. The highest BCUT2D eigenvalue weighted by Gasteiger charge is 2.13. The maximum Gasteiger partial charge on any atom is 0.354 e. The summed E-state index contributed by atoms with van der Waals surface area (Å²) in [5.74, 6) is -1.01. The molecule has 1 N–H and O–H groups in total. The van der Waals surface area contributed by atoms with Gasteiger partial charge in [-0.15, -0.1) is 6.58 Å². The molecule has 4 nitrogen and oxygen atoms in total. The third-order valence-electron chi connectivity index (χ3n) is 2.99. The summed E-state index contributed by atoms with van der Waals surface area (Å²) in [4.78, 5) is 17.4. The molecule has 4 heteroatoms. The minimum Gasteiger partial charge on any atom is -0.477 e. The second-order valence-corrected chi connectivity index (χ2v) is 4.18. The van der Waals surface area contributed by atoms with E-state index in [0.29, 0.717) is 12.1 Å². The second-order valence-electron chi connectivity index (χ2n) is 4.18. The third kappa shape index (κ3) is 2.57. The van der Waals surface area contributed by atoms with Gasteiger partial charge in [0.2, 0.25) is 0 Å². The zero-order valence-electron chi connectivity index (χ0n) is 10.8. The quantitative estimate of drug-likeness (QED) is 0.836. The van der Waals surface area contributed by atoms with E-state index < -0.39 is 5.97 Å². The van der Waals surface area contributed by atoms with Gasteiger partial charge < -0.3 is 10.0 Å². The highest BCUT2D eigenvalue weighted by atomic mass is 16.4. The first-order chi connectivity index (χ1) is 9.17. The Bertz CT molecular complexity index is 623. The fourth-order valence-corrected chi connectivity index (χ4v) is 2.08. The molecule has 0 atom stereocenters. The number of hydrogen-bond donors (Lipinski definition) is 1. The Balaban J connectivity index is 2.68. The van der Waals surface area contributed by atoms with Gasteiger partial charge in [0.25, 0.3) is 0 Å². The molecule has 98 valence electrons. The van der Waals surface area contributed by atoms with Gasteiger partial charge in [-0.05, 0) is 19.1 Å². The SMILES string of the molecule is C=CCN(CC)c1cc(C(=O)O)nc2ccccc12. The largest absolute Gasteiger partial charge is 0.477 e. The molecule has 2 rings (SSSR count). The fourth-order valence-electron chi connectivity index (χ4n) is 2.08. The molecule has 19 heavy (non-hydrogen) atoms. The Morgan fingerprint density at radius 3 is 2.84 bits per heavy atom. The number of carbonyl (C=O) groups is 1. The van der Waals surface area contributed by atoms with E-state index in [1.54, 1.807) is 12.1 Å². The van der Waals surface area contributed by atoms with Gasteiger partial charge in [-0.1, -0.05) is 24.3 Å². The van der Waals surface area contributed by atoms with E-state index in [2.05, 4.69) is 16.5 Å². The Morgan fingerprint density at radius 2 is 2.21 bits per heavy atom. The average Bonchev–Trinajstić information content (AvgIpc) is 2.43. The van der Waals surface area contributed by atoms with Crippen LogP contribution in [0.25, 0.3) is 10.9 Å². The number of anilines is 1. The van der Waals surface area contributed by atoms with Crippen LogP contribution in [0.4, 0.5) is 5.69 Å². The Morgan fingerprint density at radius 1 is 1.47 bits per heavy atom. The summed E-state index contributed by atoms with van der Waals surface area (Å²) in [7, 11) is 0. The number of pyridine rings is 1. The normalized spacial score (nSPS) is 10.4. The predicted octanol–water partition coefficient (Wildman–Crippen LogP) is 2.95. The topological polar surface area (TPSA) is 53.4 Å². The van der Waals surface area contributed by atoms with Crippen LogP contribution in [0, 0.1) is 0 Å². The number of rotatable bonds is 5. The lowest BCUT2D eigenvalue weighted by Gasteiger charge is -2.23. The number of fused-ring (bicyclic) bond motifs is 1. The van der Waals surface area contributed by atoms with Crippen LogP contribution in [0.1, 0.15) is 17.4 Å². The lowest BCUT2D eigenvalue weighted by molar-refractivity contribution is 0.0691. The molecule has 0 radical (unpaired) electrons. The van der Waals surface area contributed by atoms with Gasteiger partial charge in [0.1, 0.15) is 0 Å². The Hall–Kier alpha value is -2.36. The molecule has 0 aliphatic carbocycles. The van der Waals surface area contributed by atoms with Crippen LogP contribution < -0.4 is 4.90 Å². The van der Waals surface area contributed by atoms with Crippen molar-refractivity contribution < 1.29 is 9.90 Å². The van der Waals surface area contributed by atoms with Gasteiger partial charge in [0.05, 0.1) is 5.52 Å². The summed E-state index contributed by atoms with van der Waals surface area (Å²) in [5.41, 5.74) is 1.64. The number of carboxylic acids is 1. The number of aromatic carboxylic acids is 1. The smallest absolute Gasteiger partial charge is 0.354 e. The number of carboxylic acid groups (broad SMARTS) is 1. The van der Waals surface area contributed by atoms with E-state index in [-0.39, 0.29) is 5.69 Å². The van der Waals surface area contributed by atoms with E-state index in [4.69, 9.17) is 5.11 Å². The van der Waals surface area contributed by atoms with Crippen LogP contribution in [0.15, 0.2) is 43.0 Å². The zero-order valence-corrected chi connectivity index (χ0v) is 10.8. The molecule has 0 unspecified atom stereocenters. The van der Waals surface area contributed by atoms with Crippen LogP contribution in [0.5, 0.6) is 0 Å². The predicted molar refractivity (Wildman–Crippen MR) is 76.8 cm³/mol. The minimum absolute atomic E-state index is 0.0659. The molecule has 1 aromatic carbocycles. The van der Waals surface area contributed by atoms with E-state index in [1.807, 2.05) is 31.2 Å². The third-order valence-corrected chi connectivity index (χ3v) is 2.99. The first kappa shape index (κ1) is 13.1. The molecular weight excluding hydrogens is 240 g/mol. The van der Waals surface area contributed by atoms with Gasteiger partial charge in [-0.3, -0.25) is 0 Å². The molecule has 0 bridgehead atoms. The number of para-hydroxylation sites is 1. The molecule has 2 aromatic rings. The molecule has 0 saturated carbocycles. The lowest BCUT2D eigenvalue weighted by Crippen LogP contribution is -2.23. The molecule has 0 aliphatic rings. The summed E-state index contributed by atoms with van der Waals surface area (Å²) in [6.07, 6.45) is 1.80. The first-order valence-electron chi connectivity index (χ1n) is 6.16. The van der Waals surface area contributed by atoms with Gasteiger partial charge in [0, 0.05) is 24.2 Å². The van der Waals surface area contributed by atoms with Crippen molar-refractivity contribution >= 4 is 22.6 Å². The van der Waals surface area contributed by atoms with Crippen molar-refractivity contribution in [3.63, 3.8) is 0 Å². The zero-order chi connectivity index (χ0) is 13.8. The maximum atomic E-state index is 11.2. The number of hydrogen-bond acceptors (Lipinski definition) is 3. The summed E-state index contributed by atoms with van der Waals surface area (Å²) in [5, 5.41) is 10.1. The van der Waals surface area contributed by atoms with Crippen LogP contribution in [-0.4, -0.2) is 29.1 Å². The van der Waals surface area contributed by atoms with Crippen molar-refractivity contribution in [1.29, 1.82) is 0 Å². The summed E-state index contributed by atoms with van der Waals surface area (Å²) in [6, 6.07) is 9.18. The van der Waals surface area contributed by atoms with Crippen molar-refractivity contribution in [2.24, 2.45) is 0 Å². The van der Waals surface area contributed by atoms with E-state index >= 15 is 0 Å². The van der Waals surface area contributed by atoms with Gasteiger partial charge in [0.15, 0.2) is 5.69 Å². The van der Waals surface area contributed by atoms with Crippen LogP contribution in [-0.2, 0) is 0 Å². The van der Waals surface area contributed by atoms with E-state index in [1.165, 1.54) is 0 Å². The van der Waals surface area contributed by atoms with Gasteiger partial charge >= 0.3 is 5.97 Å². The van der Waals surface area contributed by atoms with Gasteiger partial charge in [-0.25, -0.2) is 9.78 Å². The Kier molecular flexibility index (Phi) is 3.80. The standard InChI is InChI=1S/C15H16N2O2/c1-3-9-17(4-2)14-10-13(15(18)19)16-12-8-6-5-7-11(12)14/h3,5-8,10H,1,4,9H2,2H3,(H,18,19). The highest BCUT2D eigenvalue weighted by Crippen LogP contribution is 2.26. The average molecular weight is 256 g/mol.